The Balaban J connectivity index is 2.40. The first kappa shape index (κ1) is 11.5. The van der Waals surface area contributed by atoms with Gasteiger partial charge in [-0.1, -0.05) is 12.1 Å². The second kappa shape index (κ2) is 3.77. The van der Waals surface area contributed by atoms with Crippen LogP contribution in [0.4, 0.5) is 5.69 Å². The first-order valence-electron chi connectivity index (χ1n) is 6.01. The van der Waals surface area contributed by atoms with Crippen molar-refractivity contribution in [2.75, 3.05) is 19.0 Å². The van der Waals surface area contributed by atoms with E-state index < -0.39 is 0 Å². The first-order chi connectivity index (χ1) is 7.47. The molecule has 1 unspecified atom stereocenters. The minimum Gasteiger partial charge on any atom is -0.377 e. The third-order valence-corrected chi connectivity index (χ3v) is 3.93. The lowest BCUT2D eigenvalue weighted by Crippen LogP contribution is -2.31. The lowest BCUT2D eigenvalue weighted by Gasteiger charge is -2.23. The predicted molar refractivity (Wildman–Crippen MR) is 70.1 cm³/mol. The number of rotatable bonds is 3. The summed E-state index contributed by atoms with van der Waals surface area (Å²) >= 11 is 0. The molecule has 1 aliphatic carbocycles. The zero-order chi connectivity index (χ0) is 11.9. The van der Waals surface area contributed by atoms with Gasteiger partial charge in [-0.05, 0) is 43.9 Å². The molecule has 0 radical (unpaired) electrons. The van der Waals surface area contributed by atoms with Crippen molar-refractivity contribution >= 4 is 5.69 Å². The molecule has 0 aliphatic heterocycles. The molecular formula is C14H22N2. The monoisotopic (exact) mass is 218 g/mol. The molecule has 2 rings (SSSR count). The van der Waals surface area contributed by atoms with Gasteiger partial charge in [0.1, 0.15) is 0 Å². The Hall–Kier alpha value is -1.02. The van der Waals surface area contributed by atoms with Gasteiger partial charge in [0.2, 0.25) is 0 Å². The molecule has 1 fully saturated rings. The van der Waals surface area contributed by atoms with Crippen molar-refractivity contribution < 1.29 is 0 Å². The van der Waals surface area contributed by atoms with Crippen LogP contribution in [0.5, 0.6) is 0 Å². The van der Waals surface area contributed by atoms with Crippen LogP contribution in [-0.2, 0) is 5.41 Å². The molecule has 1 saturated carbocycles. The van der Waals surface area contributed by atoms with Crippen LogP contribution in [0.2, 0.25) is 0 Å². The van der Waals surface area contributed by atoms with Gasteiger partial charge in [-0.15, -0.1) is 0 Å². The number of hydrogen-bond acceptors (Lipinski definition) is 2. The highest BCUT2D eigenvalue weighted by molar-refractivity contribution is 5.56. The van der Waals surface area contributed by atoms with Crippen LogP contribution in [0.15, 0.2) is 18.2 Å². The fourth-order valence-corrected chi connectivity index (χ4v) is 2.54. The fraction of sp³-hybridized carbons (Fsp3) is 0.571. The van der Waals surface area contributed by atoms with E-state index in [1.807, 2.05) is 0 Å². The Morgan fingerprint density at radius 1 is 1.31 bits per heavy atom. The first-order valence-corrected chi connectivity index (χ1v) is 6.01. The zero-order valence-electron chi connectivity index (χ0n) is 10.7. The SMILES string of the molecule is Cc1ccc(C2(C(C)N)CC2)cc1N(C)C. The van der Waals surface area contributed by atoms with E-state index in [4.69, 9.17) is 5.73 Å². The van der Waals surface area contributed by atoms with Crippen LogP contribution < -0.4 is 10.6 Å². The molecule has 88 valence electrons. The maximum atomic E-state index is 6.12. The van der Waals surface area contributed by atoms with Gasteiger partial charge in [-0.2, -0.15) is 0 Å². The van der Waals surface area contributed by atoms with Gasteiger partial charge in [-0.3, -0.25) is 0 Å². The highest BCUT2D eigenvalue weighted by Crippen LogP contribution is 2.51. The van der Waals surface area contributed by atoms with Crippen LogP contribution in [0, 0.1) is 6.92 Å². The third kappa shape index (κ3) is 1.71. The van der Waals surface area contributed by atoms with Crippen molar-refractivity contribution in [2.24, 2.45) is 5.73 Å². The van der Waals surface area contributed by atoms with Gasteiger partial charge in [0, 0.05) is 31.2 Å². The van der Waals surface area contributed by atoms with Crippen molar-refractivity contribution in [1.29, 1.82) is 0 Å². The quantitative estimate of drug-likeness (QED) is 0.844. The van der Waals surface area contributed by atoms with E-state index in [9.17, 15) is 0 Å². The molecule has 2 heteroatoms. The minimum atomic E-state index is 0.255. The second-order valence-corrected chi connectivity index (χ2v) is 5.34. The normalized spacial score (nSPS) is 19.3. The number of aryl methyl sites for hydroxylation is 1. The molecule has 0 amide bonds. The van der Waals surface area contributed by atoms with Crippen molar-refractivity contribution in [3.63, 3.8) is 0 Å². The van der Waals surface area contributed by atoms with Crippen LogP contribution in [0.25, 0.3) is 0 Å². The molecule has 1 aromatic carbocycles. The summed E-state index contributed by atoms with van der Waals surface area (Å²) < 4.78 is 0. The Kier molecular flexibility index (Phi) is 2.70. The molecule has 0 aromatic heterocycles. The van der Waals surface area contributed by atoms with E-state index in [0.29, 0.717) is 0 Å². The minimum absolute atomic E-state index is 0.255. The van der Waals surface area contributed by atoms with Gasteiger partial charge in [0.25, 0.3) is 0 Å². The number of anilines is 1. The average Bonchev–Trinajstić information content (AvgIpc) is 2.98. The van der Waals surface area contributed by atoms with E-state index >= 15 is 0 Å². The summed E-state index contributed by atoms with van der Waals surface area (Å²) in [5.41, 5.74) is 10.4. The molecule has 1 aliphatic rings. The Morgan fingerprint density at radius 3 is 2.38 bits per heavy atom. The topological polar surface area (TPSA) is 29.3 Å². The third-order valence-electron chi connectivity index (χ3n) is 3.93. The lowest BCUT2D eigenvalue weighted by molar-refractivity contribution is 0.556. The van der Waals surface area contributed by atoms with E-state index in [0.717, 1.165) is 0 Å². The van der Waals surface area contributed by atoms with Crippen LogP contribution >= 0.6 is 0 Å². The maximum Gasteiger partial charge on any atom is 0.0393 e. The molecule has 0 saturated heterocycles. The average molecular weight is 218 g/mol. The Bertz CT molecular complexity index is 390. The summed E-state index contributed by atoms with van der Waals surface area (Å²) in [5.74, 6) is 0. The summed E-state index contributed by atoms with van der Waals surface area (Å²) in [6.45, 7) is 4.28. The van der Waals surface area contributed by atoms with E-state index in [1.165, 1.54) is 29.7 Å². The molecular weight excluding hydrogens is 196 g/mol. The van der Waals surface area contributed by atoms with E-state index in [-0.39, 0.29) is 11.5 Å². The van der Waals surface area contributed by atoms with Crippen LogP contribution in [0.3, 0.4) is 0 Å². The largest absolute Gasteiger partial charge is 0.377 e. The highest BCUT2D eigenvalue weighted by Gasteiger charge is 2.47. The zero-order valence-corrected chi connectivity index (χ0v) is 10.7. The van der Waals surface area contributed by atoms with Crippen molar-refractivity contribution in [3.05, 3.63) is 29.3 Å². The number of benzene rings is 1. The summed E-state index contributed by atoms with van der Waals surface area (Å²) in [7, 11) is 4.19. The summed E-state index contributed by atoms with van der Waals surface area (Å²) in [6, 6.07) is 7.03. The number of nitrogens with two attached hydrogens (primary N) is 1. The molecule has 1 atom stereocenters. The standard InChI is InChI=1S/C14H22N2/c1-10-5-6-12(9-13(10)16(3)4)14(7-8-14)11(2)15/h5-6,9,11H,7-8,15H2,1-4H3. The number of hydrogen-bond donors (Lipinski definition) is 1. The molecule has 1 aromatic rings. The summed E-state index contributed by atoms with van der Waals surface area (Å²) in [6.07, 6.45) is 2.47. The Morgan fingerprint density at radius 2 is 1.94 bits per heavy atom. The van der Waals surface area contributed by atoms with Gasteiger partial charge >= 0.3 is 0 Å². The predicted octanol–water partition coefficient (Wildman–Crippen LogP) is 2.44. The molecule has 0 heterocycles. The number of nitrogens with zero attached hydrogens (tertiary/aromatic N) is 1. The molecule has 2 N–H and O–H groups in total. The van der Waals surface area contributed by atoms with Gasteiger partial charge in [-0.25, -0.2) is 0 Å². The van der Waals surface area contributed by atoms with Crippen molar-refractivity contribution in [2.45, 2.75) is 38.1 Å². The van der Waals surface area contributed by atoms with Gasteiger partial charge in [0.05, 0.1) is 0 Å². The van der Waals surface area contributed by atoms with Gasteiger partial charge in [0.15, 0.2) is 0 Å². The van der Waals surface area contributed by atoms with Crippen molar-refractivity contribution in [1.82, 2.24) is 0 Å². The van der Waals surface area contributed by atoms with E-state index in [2.05, 4.69) is 51.0 Å². The smallest absolute Gasteiger partial charge is 0.0393 e. The van der Waals surface area contributed by atoms with Crippen LogP contribution in [-0.4, -0.2) is 20.1 Å². The molecule has 16 heavy (non-hydrogen) atoms. The highest BCUT2D eigenvalue weighted by atomic mass is 15.1. The fourth-order valence-electron chi connectivity index (χ4n) is 2.54. The maximum absolute atomic E-state index is 6.12. The molecule has 0 spiro atoms. The second-order valence-electron chi connectivity index (χ2n) is 5.34. The van der Waals surface area contributed by atoms with Crippen molar-refractivity contribution in [3.8, 4) is 0 Å². The molecule has 2 nitrogen and oxygen atoms in total. The Labute approximate surface area is 98.4 Å². The van der Waals surface area contributed by atoms with Gasteiger partial charge < -0.3 is 10.6 Å². The summed E-state index contributed by atoms with van der Waals surface area (Å²) in [4.78, 5) is 2.18. The summed E-state index contributed by atoms with van der Waals surface area (Å²) in [5, 5.41) is 0. The lowest BCUT2D eigenvalue weighted by atomic mass is 9.88. The molecule has 0 bridgehead atoms. The van der Waals surface area contributed by atoms with Crippen LogP contribution in [0.1, 0.15) is 30.9 Å². The van der Waals surface area contributed by atoms with E-state index in [1.54, 1.807) is 0 Å².